The van der Waals surface area contributed by atoms with E-state index < -0.39 is 18.4 Å². The Balaban J connectivity index is 2.81. The van der Waals surface area contributed by atoms with Crippen LogP contribution in [-0.2, 0) is 0 Å². The monoisotopic (exact) mass is 216 g/mol. The fourth-order valence-electron chi connectivity index (χ4n) is 0.888. The van der Waals surface area contributed by atoms with E-state index in [1.807, 2.05) is 0 Å². The Labute approximate surface area is 85.1 Å². The molecular weight excluding hydrogens is 206 g/mol. The third-order valence-corrected chi connectivity index (χ3v) is 1.50. The fraction of sp³-hybridized carbons (Fsp3) is 0.333. The van der Waals surface area contributed by atoms with Crippen LogP contribution in [0.2, 0.25) is 0 Å². The van der Waals surface area contributed by atoms with Crippen molar-refractivity contribution in [3.8, 4) is 5.88 Å². The second kappa shape index (κ2) is 4.20. The van der Waals surface area contributed by atoms with Gasteiger partial charge in [0.15, 0.2) is 6.61 Å². The van der Waals surface area contributed by atoms with Gasteiger partial charge in [-0.1, -0.05) is 0 Å². The van der Waals surface area contributed by atoms with Crippen molar-refractivity contribution < 1.29 is 18.3 Å². The van der Waals surface area contributed by atoms with E-state index in [1.165, 1.54) is 18.3 Å². The van der Waals surface area contributed by atoms with Crippen LogP contribution < -0.4 is 10.5 Å². The molecule has 4 nitrogen and oxygen atoms in total. The van der Waals surface area contributed by atoms with Gasteiger partial charge in [-0.15, -0.1) is 0 Å². The number of pyridine rings is 1. The van der Waals surface area contributed by atoms with Crippen molar-refractivity contribution in [3.05, 3.63) is 23.9 Å². The van der Waals surface area contributed by atoms with E-state index in [1.54, 1.807) is 0 Å². The number of hydrogen-bond acceptors (Lipinski definition) is 3. The smallest absolute Gasteiger partial charge is 0.278 e. The molecule has 0 bridgehead atoms. The summed E-state index contributed by atoms with van der Waals surface area (Å²) in [5, 5.41) is 0. The average Bonchev–Trinajstić information content (AvgIpc) is 2.14. The second-order valence-electron chi connectivity index (χ2n) is 3.08. The van der Waals surface area contributed by atoms with Crippen molar-refractivity contribution in [2.45, 2.75) is 12.8 Å². The molecule has 0 aliphatic heterocycles. The van der Waals surface area contributed by atoms with Crippen molar-refractivity contribution in [2.24, 2.45) is 5.73 Å². The summed E-state index contributed by atoms with van der Waals surface area (Å²) in [5.74, 6) is -3.92. The van der Waals surface area contributed by atoms with Crippen molar-refractivity contribution in [3.63, 3.8) is 0 Å². The minimum Gasteiger partial charge on any atom is -0.471 e. The van der Waals surface area contributed by atoms with Crippen molar-refractivity contribution in [1.29, 1.82) is 0 Å². The van der Waals surface area contributed by atoms with Crippen LogP contribution in [0.1, 0.15) is 17.3 Å². The molecule has 15 heavy (non-hydrogen) atoms. The highest BCUT2D eigenvalue weighted by Gasteiger charge is 2.23. The molecular formula is C9H10F2N2O2. The first kappa shape index (κ1) is 11.4. The van der Waals surface area contributed by atoms with Gasteiger partial charge in [-0.2, -0.15) is 0 Å². The molecule has 0 aromatic carbocycles. The van der Waals surface area contributed by atoms with Crippen molar-refractivity contribution in [1.82, 2.24) is 4.98 Å². The summed E-state index contributed by atoms with van der Waals surface area (Å²) in [7, 11) is 0. The summed E-state index contributed by atoms with van der Waals surface area (Å²) in [6, 6.07) is 2.83. The quantitative estimate of drug-likeness (QED) is 0.822. The van der Waals surface area contributed by atoms with Crippen LogP contribution >= 0.6 is 0 Å². The zero-order valence-corrected chi connectivity index (χ0v) is 8.04. The van der Waals surface area contributed by atoms with E-state index in [0.717, 1.165) is 0 Å². The third-order valence-electron chi connectivity index (χ3n) is 1.50. The number of rotatable bonds is 4. The number of ether oxygens (including phenoxy) is 1. The largest absolute Gasteiger partial charge is 0.471 e. The number of aromatic nitrogens is 1. The molecule has 0 fully saturated rings. The minimum atomic E-state index is -2.98. The van der Waals surface area contributed by atoms with Gasteiger partial charge in [0.05, 0.1) is 0 Å². The highest BCUT2D eigenvalue weighted by Crippen LogP contribution is 2.17. The number of amides is 1. The van der Waals surface area contributed by atoms with E-state index in [0.29, 0.717) is 6.92 Å². The number of primary amides is 1. The summed E-state index contributed by atoms with van der Waals surface area (Å²) in [6.07, 6.45) is 1.33. The normalized spacial score (nSPS) is 11.1. The number of nitrogens with zero attached hydrogens (tertiary/aromatic N) is 1. The van der Waals surface area contributed by atoms with Crippen LogP contribution in [0.15, 0.2) is 18.3 Å². The average molecular weight is 216 g/mol. The molecule has 1 aromatic rings. The van der Waals surface area contributed by atoms with Gasteiger partial charge in [0.25, 0.3) is 11.8 Å². The zero-order chi connectivity index (χ0) is 11.5. The van der Waals surface area contributed by atoms with Gasteiger partial charge in [0, 0.05) is 13.1 Å². The number of alkyl halides is 2. The Morgan fingerprint density at radius 2 is 2.33 bits per heavy atom. The van der Waals surface area contributed by atoms with Gasteiger partial charge in [-0.25, -0.2) is 13.8 Å². The first-order valence-electron chi connectivity index (χ1n) is 4.15. The van der Waals surface area contributed by atoms with Crippen molar-refractivity contribution >= 4 is 5.91 Å². The topological polar surface area (TPSA) is 65.2 Å². The van der Waals surface area contributed by atoms with E-state index >= 15 is 0 Å². The van der Waals surface area contributed by atoms with Crippen LogP contribution in [-0.4, -0.2) is 23.4 Å². The maximum Gasteiger partial charge on any atom is 0.278 e. The standard InChI is InChI=1S/C9H10F2N2O2/c1-9(10,11)5-15-8-6(7(12)14)3-2-4-13-8/h2-4H,5H2,1H3,(H2,12,14). The molecule has 0 radical (unpaired) electrons. The molecule has 0 aliphatic carbocycles. The van der Waals surface area contributed by atoms with Crippen LogP contribution in [0.4, 0.5) is 8.78 Å². The lowest BCUT2D eigenvalue weighted by Gasteiger charge is -2.12. The van der Waals surface area contributed by atoms with E-state index in [2.05, 4.69) is 4.98 Å². The predicted octanol–water partition coefficient (Wildman–Crippen LogP) is 1.21. The van der Waals surface area contributed by atoms with Crippen LogP contribution in [0.3, 0.4) is 0 Å². The SMILES string of the molecule is CC(F)(F)COc1ncccc1C(N)=O. The van der Waals surface area contributed by atoms with Gasteiger partial charge in [0.1, 0.15) is 5.56 Å². The number of nitrogens with two attached hydrogens (primary N) is 1. The molecule has 1 rings (SSSR count). The molecule has 2 N–H and O–H groups in total. The van der Waals surface area contributed by atoms with Gasteiger partial charge in [-0.3, -0.25) is 4.79 Å². The van der Waals surface area contributed by atoms with Gasteiger partial charge in [0.2, 0.25) is 5.88 Å². The third kappa shape index (κ3) is 3.49. The number of carbonyl (C=O) groups excluding carboxylic acids is 1. The summed E-state index contributed by atoms with van der Waals surface area (Å²) in [5.41, 5.74) is 5.00. The molecule has 0 saturated heterocycles. The Hall–Kier alpha value is -1.72. The molecule has 82 valence electrons. The highest BCUT2D eigenvalue weighted by molar-refractivity contribution is 5.94. The first-order chi connectivity index (χ1) is 6.90. The lowest BCUT2D eigenvalue weighted by molar-refractivity contribution is -0.0244. The molecule has 1 heterocycles. The molecule has 0 spiro atoms. The Kier molecular flexibility index (Phi) is 3.18. The molecule has 1 aromatic heterocycles. The molecule has 0 atom stereocenters. The van der Waals surface area contributed by atoms with Crippen LogP contribution in [0, 0.1) is 0 Å². The number of carbonyl (C=O) groups is 1. The highest BCUT2D eigenvalue weighted by atomic mass is 19.3. The number of halogens is 2. The Morgan fingerprint density at radius 3 is 2.87 bits per heavy atom. The Morgan fingerprint density at radius 1 is 1.67 bits per heavy atom. The van der Waals surface area contributed by atoms with Crippen molar-refractivity contribution in [2.75, 3.05) is 6.61 Å². The van der Waals surface area contributed by atoms with E-state index in [-0.39, 0.29) is 11.4 Å². The Bertz CT molecular complexity index is 363. The summed E-state index contributed by atoms with van der Waals surface area (Å²) < 4.78 is 29.6. The second-order valence-corrected chi connectivity index (χ2v) is 3.08. The summed E-state index contributed by atoms with van der Waals surface area (Å²) >= 11 is 0. The molecule has 1 amide bonds. The molecule has 0 aliphatic rings. The minimum absolute atomic E-state index is 0.0123. The first-order valence-corrected chi connectivity index (χ1v) is 4.15. The maximum atomic E-state index is 12.5. The molecule has 0 unspecified atom stereocenters. The van der Waals surface area contributed by atoms with Crippen LogP contribution in [0.25, 0.3) is 0 Å². The lowest BCUT2D eigenvalue weighted by atomic mass is 10.2. The molecule has 0 saturated carbocycles. The van der Waals surface area contributed by atoms with Crippen LogP contribution in [0.5, 0.6) is 5.88 Å². The predicted molar refractivity (Wildman–Crippen MR) is 48.9 cm³/mol. The lowest BCUT2D eigenvalue weighted by Crippen LogP contribution is -2.23. The van der Waals surface area contributed by atoms with E-state index in [4.69, 9.17) is 10.5 Å². The zero-order valence-electron chi connectivity index (χ0n) is 8.04. The number of hydrogen-bond donors (Lipinski definition) is 1. The van der Waals surface area contributed by atoms with Gasteiger partial charge < -0.3 is 10.5 Å². The van der Waals surface area contributed by atoms with E-state index in [9.17, 15) is 13.6 Å². The fourth-order valence-corrected chi connectivity index (χ4v) is 0.888. The van der Waals surface area contributed by atoms with Gasteiger partial charge in [-0.05, 0) is 12.1 Å². The molecule has 6 heteroatoms. The van der Waals surface area contributed by atoms with Gasteiger partial charge >= 0.3 is 0 Å². The summed E-state index contributed by atoms with van der Waals surface area (Å²) in [6.45, 7) is -0.135. The summed E-state index contributed by atoms with van der Waals surface area (Å²) in [4.78, 5) is 14.5. The maximum absolute atomic E-state index is 12.5.